The Morgan fingerprint density at radius 1 is 1.20 bits per heavy atom. The van der Waals surface area contributed by atoms with Gasteiger partial charge in [0.2, 0.25) is 0 Å². The van der Waals surface area contributed by atoms with Crippen LogP contribution in [0.25, 0.3) is 0 Å². The van der Waals surface area contributed by atoms with E-state index < -0.39 is 0 Å². The monoisotopic (exact) mass is 285 g/mol. The normalized spacial score (nSPS) is 27.8. The molecule has 0 aromatic rings. The Kier molecular flexibility index (Phi) is 7.49. The molecule has 1 fully saturated rings. The number of nitrogens with one attached hydrogen (secondary N) is 1. The minimum atomic E-state index is 0.339. The summed E-state index contributed by atoms with van der Waals surface area (Å²) < 4.78 is 10.9. The van der Waals surface area contributed by atoms with Crippen LogP contribution in [0.5, 0.6) is 0 Å². The predicted octanol–water partition coefficient (Wildman–Crippen LogP) is 3.48. The van der Waals surface area contributed by atoms with Crippen LogP contribution >= 0.6 is 0 Å². The summed E-state index contributed by atoms with van der Waals surface area (Å²) in [5.74, 6) is 0.858. The van der Waals surface area contributed by atoms with Crippen molar-refractivity contribution in [2.45, 2.75) is 53.4 Å². The van der Waals surface area contributed by atoms with Crippen molar-refractivity contribution >= 4 is 0 Å². The molecule has 3 nitrogen and oxygen atoms in total. The first-order chi connectivity index (χ1) is 9.43. The van der Waals surface area contributed by atoms with Crippen LogP contribution in [0.1, 0.15) is 53.4 Å². The van der Waals surface area contributed by atoms with Gasteiger partial charge in [-0.1, -0.05) is 20.8 Å². The van der Waals surface area contributed by atoms with E-state index in [0.717, 1.165) is 38.8 Å². The van der Waals surface area contributed by atoms with Crippen molar-refractivity contribution in [3.63, 3.8) is 0 Å². The summed E-state index contributed by atoms with van der Waals surface area (Å²) in [7, 11) is 1.76. The van der Waals surface area contributed by atoms with Crippen LogP contribution in [0.2, 0.25) is 0 Å². The summed E-state index contributed by atoms with van der Waals surface area (Å²) in [6, 6.07) is 0. The Balaban J connectivity index is 2.49. The summed E-state index contributed by atoms with van der Waals surface area (Å²) in [5.41, 5.74) is 0.784. The summed E-state index contributed by atoms with van der Waals surface area (Å²) in [6.45, 7) is 13.7. The fourth-order valence-corrected chi connectivity index (χ4v) is 3.31. The molecular weight excluding hydrogens is 250 g/mol. The highest BCUT2D eigenvalue weighted by molar-refractivity contribution is 4.90. The van der Waals surface area contributed by atoms with Crippen LogP contribution in [-0.2, 0) is 9.47 Å². The van der Waals surface area contributed by atoms with Crippen LogP contribution in [0, 0.1) is 16.7 Å². The van der Waals surface area contributed by atoms with Gasteiger partial charge in [-0.05, 0) is 43.9 Å². The van der Waals surface area contributed by atoms with E-state index in [0.29, 0.717) is 10.8 Å². The molecule has 1 aliphatic rings. The van der Waals surface area contributed by atoms with E-state index in [2.05, 4.69) is 33.0 Å². The zero-order valence-corrected chi connectivity index (χ0v) is 14.3. The molecule has 0 amide bonds. The van der Waals surface area contributed by atoms with E-state index in [4.69, 9.17) is 9.47 Å². The zero-order valence-electron chi connectivity index (χ0n) is 14.3. The number of ether oxygens (including phenoxy) is 2. The number of methoxy groups -OCH3 is 1. The van der Waals surface area contributed by atoms with Crippen molar-refractivity contribution in [3.8, 4) is 0 Å². The van der Waals surface area contributed by atoms with E-state index in [1.54, 1.807) is 7.11 Å². The van der Waals surface area contributed by atoms with Crippen LogP contribution in [0.15, 0.2) is 0 Å². The van der Waals surface area contributed by atoms with Crippen molar-refractivity contribution in [1.82, 2.24) is 5.32 Å². The highest BCUT2D eigenvalue weighted by Gasteiger charge is 2.38. The molecule has 0 aromatic heterocycles. The van der Waals surface area contributed by atoms with Gasteiger partial charge >= 0.3 is 0 Å². The fourth-order valence-electron chi connectivity index (χ4n) is 3.31. The van der Waals surface area contributed by atoms with Gasteiger partial charge < -0.3 is 14.8 Å². The van der Waals surface area contributed by atoms with Crippen LogP contribution < -0.4 is 5.32 Å². The third-order valence-corrected chi connectivity index (χ3v) is 4.87. The molecule has 120 valence electrons. The molecule has 0 saturated heterocycles. The lowest BCUT2D eigenvalue weighted by molar-refractivity contribution is 0.000463. The van der Waals surface area contributed by atoms with Crippen LogP contribution in [0.4, 0.5) is 0 Å². The summed E-state index contributed by atoms with van der Waals surface area (Å²) in [5, 5.41) is 3.55. The summed E-state index contributed by atoms with van der Waals surface area (Å²) >= 11 is 0. The molecule has 1 saturated carbocycles. The smallest absolute Gasteiger partial charge is 0.0587 e. The van der Waals surface area contributed by atoms with Gasteiger partial charge in [0, 0.05) is 32.2 Å². The maximum Gasteiger partial charge on any atom is 0.0587 e. The molecule has 0 bridgehead atoms. The second-order valence-electron chi connectivity index (χ2n) is 7.45. The molecule has 1 rings (SSSR count). The predicted molar refractivity (Wildman–Crippen MR) is 85.1 cm³/mol. The Labute approximate surface area is 125 Å². The third kappa shape index (κ3) is 5.71. The minimum absolute atomic E-state index is 0.339. The number of rotatable bonds is 8. The lowest BCUT2D eigenvalue weighted by Crippen LogP contribution is -2.43. The fraction of sp³-hybridized carbons (Fsp3) is 1.00. The molecule has 0 aliphatic heterocycles. The molecule has 20 heavy (non-hydrogen) atoms. The van der Waals surface area contributed by atoms with E-state index in [1.807, 2.05) is 0 Å². The quantitative estimate of drug-likeness (QED) is 0.693. The van der Waals surface area contributed by atoms with Gasteiger partial charge in [0.15, 0.2) is 0 Å². The number of hydrogen-bond donors (Lipinski definition) is 1. The lowest BCUT2D eigenvalue weighted by atomic mass is 9.64. The van der Waals surface area contributed by atoms with Gasteiger partial charge in [0.25, 0.3) is 0 Å². The zero-order chi connectivity index (χ0) is 15.1. The van der Waals surface area contributed by atoms with Crippen molar-refractivity contribution in [1.29, 1.82) is 0 Å². The standard InChI is InChI=1S/C17H35NO2/c1-6-20-14-17(13-18-11-12-19-5)9-7-15(8-10-17)16(2,3)4/h15,18H,6-14H2,1-5H3. The second kappa shape index (κ2) is 8.35. The van der Waals surface area contributed by atoms with Gasteiger partial charge in [-0.15, -0.1) is 0 Å². The molecule has 3 heteroatoms. The van der Waals surface area contributed by atoms with Gasteiger partial charge in [0.05, 0.1) is 13.2 Å². The van der Waals surface area contributed by atoms with Gasteiger partial charge in [-0.25, -0.2) is 0 Å². The molecular formula is C17H35NO2. The third-order valence-electron chi connectivity index (χ3n) is 4.87. The van der Waals surface area contributed by atoms with Crippen molar-refractivity contribution in [2.75, 3.05) is 40.0 Å². The Bertz CT molecular complexity index is 252. The molecule has 1 aliphatic carbocycles. The second-order valence-corrected chi connectivity index (χ2v) is 7.45. The minimum Gasteiger partial charge on any atom is -0.383 e. The van der Waals surface area contributed by atoms with Gasteiger partial charge in [0.1, 0.15) is 0 Å². The van der Waals surface area contributed by atoms with Gasteiger partial charge in [-0.2, -0.15) is 0 Å². The SMILES string of the molecule is CCOCC1(CNCCOC)CCC(C(C)(C)C)CC1. The summed E-state index contributed by atoms with van der Waals surface area (Å²) in [4.78, 5) is 0. The highest BCUT2D eigenvalue weighted by atomic mass is 16.5. The average Bonchev–Trinajstić information content (AvgIpc) is 2.41. The molecule has 0 unspecified atom stereocenters. The highest BCUT2D eigenvalue weighted by Crippen LogP contribution is 2.45. The molecule has 1 N–H and O–H groups in total. The van der Waals surface area contributed by atoms with E-state index >= 15 is 0 Å². The Hall–Kier alpha value is -0.120. The molecule has 0 aromatic carbocycles. The van der Waals surface area contributed by atoms with E-state index in [9.17, 15) is 0 Å². The van der Waals surface area contributed by atoms with Crippen LogP contribution in [0.3, 0.4) is 0 Å². The average molecular weight is 285 g/mol. The first kappa shape index (κ1) is 17.9. The lowest BCUT2D eigenvalue weighted by Gasteiger charge is -2.44. The van der Waals surface area contributed by atoms with Gasteiger partial charge in [-0.3, -0.25) is 0 Å². The number of hydrogen-bond acceptors (Lipinski definition) is 3. The Morgan fingerprint density at radius 2 is 1.85 bits per heavy atom. The largest absolute Gasteiger partial charge is 0.383 e. The molecule has 0 heterocycles. The van der Waals surface area contributed by atoms with E-state index in [-0.39, 0.29) is 0 Å². The first-order valence-corrected chi connectivity index (χ1v) is 8.21. The van der Waals surface area contributed by atoms with Crippen molar-refractivity contribution in [2.24, 2.45) is 16.7 Å². The van der Waals surface area contributed by atoms with Crippen molar-refractivity contribution in [3.05, 3.63) is 0 Å². The maximum atomic E-state index is 5.78. The summed E-state index contributed by atoms with van der Waals surface area (Å²) in [6.07, 6.45) is 5.24. The topological polar surface area (TPSA) is 30.5 Å². The van der Waals surface area contributed by atoms with E-state index in [1.165, 1.54) is 25.7 Å². The van der Waals surface area contributed by atoms with Crippen molar-refractivity contribution < 1.29 is 9.47 Å². The van der Waals surface area contributed by atoms with Crippen LogP contribution in [-0.4, -0.2) is 40.0 Å². The first-order valence-electron chi connectivity index (χ1n) is 8.21. The molecule has 0 radical (unpaired) electrons. The molecule has 0 spiro atoms. The molecule has 0 atom stereocenters. The maximum absolute atomic E-state index is 5.78. The Morgan fingerprint density at radius 3 is 2.35 bits per heavy atom.